The second kappa shape index (κ2) is 5.83. The maximum atomic E-state index is 11.6. The average Bonchev–Trinajstić information content (AvgIpc) is 2.39. The number of ketones is 1. The second-order valence-corrected chi connectivity index (χ2v) is 4.51. The van der Waals surface area contributed by atoms with Crippen LogP contribution in [0.5, 0.6) is 11.5 Å². The zero-order valence-corrected chi connectivity index (χ0v) is 11.6. The maximum Gasteiger partial charge on any atom is 0.173 e. The number of halogens is 1. The van der Waals surface area contributed by atoms with Gasteiger partial charge >= 0.3 is 0 Å². The molecule has 0 aliphatic carbocycles. The van der Waals surface area contributed by atoms with Gasteiger partial charge in [0.25, 0.3) is 0 Å². The van der Waals surface area contributed by atoms with Crippen LogP contribution in [0.25, 0.3) is 0 Å². The van der Waals surface area contributed by atoms with E-state index in [1.807, 2.05) is 49.4 Å². The normalized spacial score (nSPS) is 10.1. The standard InChI is InChI=1S/C15H13BrO2/c1-11-9-13(7-8-14(11)15(17)10-16)18-12-5-3-2-4-6-12/h2-9H,10H2,1H3. The molecule has 0 fully saturated rings. The highest BCUT2D eigenvalue weighted by Crippen LogP contribution is 2.23. The molecule has 0 aliphatic heterocycles. The van der Waals surface area contributed by atoms with Gasteiger partial charge < -0.3 is 4.74 Å². The van der Waals surface area contributed by atoms with Gasteiger partial charge in [-0.15, -0.1) is 0 Å². The number of Topliss-reactive ketones (excluding diaryl/α,β-unsaturated/α-hetero) is 1. The number of benzene rings is 2. The van der Waals surface area contributed by atoms with Crippen LogP contribution in [-0.2, 0) is 0 Å². The SMILES string of the molecule is Cc1cc(Oc2ccccc2)ccc1C(=O)CBr. The van der Waals surface area contributed by atoms with Gasteiger partial charge in [0, 0.05) is 5.56 Å². The summed E-state index contributed by atoms with van der Waals surface area (Å²) in [4.78, 5) is 11.6. The summed E-state index contributed by atoms with van der Waals surface area (Å²) in [6.45, 7) is 1.91. The molecule has 0 radical (unpaired) electrons. The van der Waals surface area contributed by atoms with Gasteiger partial charge in [-0.3, -0.25) is 4.79 Å². The minimum absolute atomic E-state index is 0.0822. The van der Waals surface area contributed by atoms with Crippen LogP contribution in [0.1, 0.15) is 15.9 Å². The lowest BCUT2D eigenvalue weighted by molar-refractivity contribution is 0.102. The molecule has 0 saturated carbocycles. The lowest BCUT2D eigenvalue weighted by Gasteiger charge is -2.08. The predicted molar refractivity (Wildman–Crippen MR) is 75.8 cm³/mol. The number of hydrogen-bond acceptors (Lipinski definition) is 2. The van der Waals surface area contributed by atoms with Crippen LogP contribution in [0.3, 0.4) is 0 Å². The number of rotatable bonds is 4. The van der Waals surface area contributed by atoms with Crippen molar-refractivity contribution in [2.24, 2.45) is 0 Å². The smallest absolute Gasteiger partial charge is 0.173 e. The summed E-state index contributed by atoms with van der Waals surface area (Å²) >= 11 is 3.18. The van der Waals surface area contributed by atoms with Crippen molar-refractivity contribution in [2.45, 2.75) is 6.92 Å². The van der Waals surface area contributed by atoms with Gasteiger partial charge in [-0.25, -0.2) is 0 Å². The van der Waals surface area contributed by atoms with E-state index in [-0.39, 0.29) is 5.78 Å². The number of ether oxygens (including phenoxy) is 1. The lowest BCUT2D eigenvalue weighted by Crippen LogP contribution is -2.02. The Morgan fingerprint density at radius 3 is 2.44 bits per heavy atom. The first-order valence-corrected chi connectivity index (χ1v) is 6.75. The summed E-state index contributed by atoms with van der Waals surface area (Å²) in [5, 5.41) is 0.340. The summed E-state index contributed by atoms with van der Waals surface area (Å²) in [6.07, 6.45) is 0. The highest BCUT2D eigenvalue weighted by molar-refractivity contribution is 9.09. The molecule has 0 unspecified atom stereocenters. The molecule has 3 heteroatoms. The van der Waals surface area contributed by atoms with E-state index in [2.05, 4.69) is 15.9 Å². The number of hydrogen-bond donors (Lipinski definition) is 0. The summed E-state index contributed by atoms with van der Waals surface area (Å²) < 4.78 is 5.70. The van der Waals surface area contributed by atoms with Crippen molar-refractivity contribution in [3.8, 4) is 11.5 Å². The van der Waals surface area contributed by atoms with E-state index < -0.39 is 0 Å². The summed E-state index contributed by atoms with van der Waals surface area (Å²) in [5.74, 6) is 1.61. The molecule has 0 N–H and O–H groups in total. The van der Waals surface area contributed by atoms with E-state index in [0.29, 0.717) is 5.33 Å². The number of carbonyl (C=O) groups is 1. The molecule has 2 aromatic rings. The van der Waals surface area contributed by atoms with Gasteiger partial charge in [-0.2, -0.15) is 0 Å². The molecular weight excluding hydrogens is 292 g/mol. The maximum absolute atomic E-state index is 11.6. The van der Waals surface area contributed by atoms with Crippen molar-refractivity contribution in [1.82, 2.24) is 0 Å². The Kier molecular flexibility index (Phi) is 4.15. The van der Waals surface area contributed by atoms with Crippen LogP contribution in [0.15, 0.2) is 48.5 Å². The molecule has 0 atom stereocenters. The summed E-state index contributed by atoms with van der Waals surface area (Å²) in [7, 11) is 0. The van der Waals surface area contributed by atoms with Crippen LogP contribution in [0.4, 0.5) is 0 Å². The summed E-state index contributed by atoms with van der Waals surface area (Å²) in [6, 6.07) is 15.1. The Morgan fingerprint density at radius 2 is 1.83 bits per heavy atom. The van der Waals surface area contributed by atoms with E-state index in [1.54, 1.807) is 6.07 Å². The summed E-state index contributed by atoms with van der Waals surface area (Å²) in [5.41, 5.74) is 1.65. The zero-order chi connectivity index (χ0) is 13.0. The first kappa shape index (κ1) is 12.8. The van der Waals surface area contributed by atoms with Crippen molar-refractivity contribution in [3.63, 3.8) is 0 Å². The molecular formula is C15H13BrO2. The van der Waals surface area contributed by atoms with Gasteiger partial charge in [0.2, 0.25) is 0 Å². The van der Waals surface area contributed by atoms with Crippen molar-refractivity contribution in [2.75, 3.05) is 5.33 Å². The number of alkyl halides is 1. The molecule has 0 aliphatic rings. The fourth-order valence-corrected chi connectivity index (χ4v) is 2.01. The lowest BCUT2D eigenvalue weighted by atomic mass is 10.1. The number of para-hydroxylation sites is 1. The Labute approximate surface area is 115 Å². The van der Waals surface area contributed by atoms with Crippen LogP contribution in [0, 0.1) is 6.92 Å². The third-order valence-electron chi connectivity index (χ3n) is 2.60. The third-order valence-corrected chi connectivity index (χ3v) is 3.11. The molecule has 2 aromatic carbocycles. The molecule has 92 valence electrons. The largest absolute Gasteiger partial charge is 0.457 e. The molecule has 18 heavy (non-hydrogen) atoms. The first-order chi connectivity index (χ1) is 8.70. The Bertz CT molecular complexity index is 550. The minimum atomic E-state index is 0.0822. The molecule has 2 nitrogen and oxygen atoms in total. The highest BCUT2D eigenvalue weighted by Gasteiger charge is 2.08. The topological polar surface area (TPSA) is 26.3 Å². The molecule has 0 aromatic heterocycles. The fourth-order valence-electron chi connectivity index (χ4n) is 1.71. The minimum Gasteiger partial charge on any atom is -0.457 e. The highest BCUT2D eigenvalue weighted by atomic mass is 79.9. The van der Waals surface area contributed by atoms with Crippen LogP contribution < -0.4 is 4.74 Å². The van der Waals surface area contributed by atoms with Crippen molar-refractivity contribution >= 4 is 21.7 Å². The third kappa shape index (κ3) is 2.99. The zero-order valence-electron chi connectivity index (χ0n) is 10.0. The molecule has 0 amide bonds. The van der Waals surface area contributed by atoms with E-state index in [4.69, 9.17) is 4.74 Å². The van der Waals surface area contributed by atoms with E-state index in [1.165, 1.54) is 0 Å². The van der Waals surface area contributed by atoms with Gasteiger partial charge in [0.15, 0.2) is 5.78 Å². The number of carbonyl (C=O) groups excluding carboxylic acids is 1. The first-order valence-electron chi connectivity index (χ1n) is 5.63. The number of aryl methyl sites for hydroxylation is 1. The van der Waals surface area contributed by atoms with E-state index in [9.17, 15) is 4.79 Å². The van der Waals surface area contributed by atoms with Crippen molar-refractivity contribution in [1.29, 1.82) is 0 Å². The van der Waals surface area contributed by atoms with Crippen LogP contribution in [-0.4, -0.2) is 11.1 Å². The predicted octanol–water partition coefficient (Wildman–Crippen LogP) is 4.36. The quantitative estimate of drug-likeness (QED) is 0.619. The monoisotopic (exact) mass is 304 g/mol. The van der Waals surface area contributed by atoms with Gasteiger partial charge in [0.05, 0.1) is 5.33 Å². The van der Waals surface area contributed by atoms with Gasteiger partial charge in [-0.05, 0) is 42.8 Å². The van der Waals surface area contributed by atoms with Gasteiger partial charge in [0.1, 0.15) is 11.5 Å². The van der Waals surface area contributed by atoms with E-state index in [0.717, 1.165) is 22.6 Å². The molecule has 2 rings (SSSR count). The molecule has 0 saturated heterocycles. The average molecular weight is 305 g/mol. The van der Waals surface area contributed by atoms with E-state index >= 15 is 0 Å². The van der Waals surface area contributed by atoms with Crippen LogP contribution >= 0.6 is 15.9 Å². The molecule has 0 spiro atoms. The van der Waals surface area contributed by atoms with Crippen molar-refractivity contribution in [3.05, 3.63) is 59.7 Å². The molecule has 0 heterocycles. The van der Waals surface area contributed by atoms with Gasteiger partial charge in [-0.1, -0.05) is 34.1 Å². The second-order valence-electron chi connectivity index (χ2n) is 3.95. The van der Waals surface area contributed by atoms with Crippen LogP contribution in [0.2, 0.25) is 0 Å². The fraction of sp³-hybridized carbons (Fsp3) is 0.133. The molecule has 0 bridgehead atoms. The Hall–Kier alpha value is -1.61. The Balaban J connectivity index is 2.22. The van der Waals surface area contributed by atoms with Crippen molar-refractivity contribution < 1.29 is 9.53 Å². The Morgan fingerprint density at radius 1 is 1.11 bits per heavy atom.